The van der Waals surface area contributed by atoms with Crippen LogP contribution in [-0.4, -0.2) is 17.0 Å². The first-order valence-electron chi connectivity index (χ1n) is 5.78. The molecule has 0 bridgehead atoms. The molecule has 0 aliphatic rings. The summed E-state index contributed by atoms with van der Waals surface area (Å²) in [5, 5.41) is 8.90. The van der Waals surface area contributed by atoms with Crippen LogP contribution >= 0.6 is 0 Å². The van der Waals surface area contributed by atoms with Crippen molar-refractivity contribution in [3.63, 3.8) is 0 Å². The number of halogens is 1. The maximum atomic E-state index is 13.6. The number of carboxylic acid groups (broad SMARTS) is 1. The number of carbonyl (C=O) groups excluding carboxylic acids is 1. The van der Waals surface area contributed by atoms with Crippen LogP contribution < -0.4 is 16.2 Å². The molecule has 2 aromatic carbocycles. The zero-order chi connectivity index (χ0) is 15.6. The molecular weight excluding hydrogens is 279 g/mol. The van der Waals surface area contributed by atoms with Crippen LogP contribution in [0.25, 0.3) is 0 Å². The summed E-state index contributed by atoms with van der Waals surface area (Å²) >= 11 is 0. The summed E-state index contributed by atoms with van der Waals surface area (Å²) in [6.07, 6.45) is 0. The van der Waals surface area contributed by atoms with Crippen molar-refractivity contribution in [1.29, 1.82) is 0 Å². The summed E-state index contributed by atoms with van der Waals surface area (Å²) in [4.78, 5) is 21.8. The SMILES string of the molecule is NC(=O)c1ccc(Oc2cc(C(=O)O)ccc2N)cc1F. The van der Waals surface area contributed by atoms with Crippen LogP contribution in [0.2, 0.25) is 0 Å². The highest BCUT2D eigenvalue weighted by molar-refractivity contribution is 5.93. The van der Waals surface area contributed by atoms with E-state index in [9.17, 15) is 14.0 Å². The normalized spacial score (nSPS) is 10.1. The van der Waals surface area contributed by atoms with Gasteiger partial charge in [-0.15, -0.1) is 0 Å². The van der Waals surface area contributed by atoms with Gasteiger partial charge >= 0.3 is 5.97 Å². The van der Waals surface area contributed by atoms with Crippen LogP contribution in [0.5, 0.6) is 11.5 Å². The van der Waals surface area contributed by atoms with E-state index in [2.05, 4.69) is 0 Å². The van der Waals surface area contributed by atoms with Gasteiger partial charge in [-0.05, 0) is 30.3 Å². The van der Waals surface area contributed by atoms with Crippen LogP contribution in [-0.2, 0) is 0 Å². The Kier molecular flexibility index (Phi) is 3.75. The summed E-state index contributed by atoms with van der Waals surface area (Å²) in [6.45, 7) is 0. The number of benzene rings is 2. The number of anilines is 1. The maximum absolute atomic E-state index is 13.6. The van der Waals surface area contributed by atoms with Crippen LogP contribution in [0.1, 0.15) is 20.7 Å². The molecule has 0 saturated carbocycles. The molecule has 7 heteroatoms. The monoisotopic (exact) mass is 290 g/mol. The van der Waals surface area contributed by atoms with Gasteiger partial charge in [-0.1, -0.05) is 0 Å². The average Bonchev–Trinajstić information content (AvgIpc) is 2.40. The van der Waals surface area contributed by atoms with Crippen molar-refractivity contribution in [1.82, 2.24) is 0 Å². The van der Waals surface area contributed by atoms with E-state index in [4.69, 9.17) is 21.3 Å². The molecule has 0 heterocycles. The first-order valence-corrected chi connectivity index (χ1v) is 5.78. The zero-order valence-corrected chi connectivity index (χ0v) is 10.7. The number of primary amides is 1. The molecule has 0 saturated heterocycles. The zero-order valence-electron chi connectivity index (χ0n) is 10.7. The molecule has 2 rings (SSSR count). The van der Waals surface area contributed by atoms with Crippen LogP contribution in [0.15, 0.2) is 36.4 Å². The lowest BCUT2D eigenvalue weighted by Crippen LogP contribution is -2.12. The third-order valence-corrected chi connectivity index (χ3v) is 2.69. The highest BCUT2D eigenvalue weighted by atomic mass is 19.1. The fourth-order valence-electron chi connectivity index (χ4n) is 1.64. The maximum Gasteiger partial charge on any atom is 0.335 e. The number of hydrogen-bond donors (Lipinski definition) is 3. The number of aromatic carboxylic acids is 1. The molecular formula is C14H11FN2O4. The van der Waals surface area contributed by atoms with Crippen molar-refractivity contribution in [2.24, 2.45) is 5.73 Å². The number of nitrogens with two attached hydrogens (primary N) is 2. The van der Waals surface area contributed by atoms with E-state index in [1.54, 1.807) is 0 Å². The summed E-state index contributed by atoms with van der Waals surface area (Å²) in [5.41, 5.74) is 10.6. The molecule has 0 radical (unpaired) electrons. The molecule has 2 aromatic rings. The Morgan fingerprint density at radius 2 is 1.86 bits per heavy atom. The van der Waals surface area contributed by atoms with E-state index in [0.29, 0.717) is 0 Å². The highest BCUT2D eigenvalue weighted by Gasteiger charge is 2.12. The lowest BCUT2D eigenvalue weighted by molar-refractivity contribution is 0.0696. The fraction of sp³-hybridized carbons (Fsp3) is 0. The third-order valence-electron chi connectivity index (χ3n) is 2.69. The molecule has 0 aromatic heterocycles. The number of carboxylic acids is 1. The molecule has 21 heavy (non-hydrogen) atoms. The summed E-state index contributed by atoms with van der Waals surface area (Å²) in [6, 6.07) is 7.37. The highest BCUT2D eigenvalue weighted by Crippen LogP contribution is 2.29. The standard InChI is InChI=1S/C14H11FN2O4/c15-10-6-8(2-3-9(10)13(17)18)21-12-5-7(14(19)20)1-4-11(12)16/h1-6H,16H2,(H2,17,18)(H,19,20). The summed E-state index contributed by atoms with van der Waals surface area (Å²) in [7, 11) is 0. The largest absolute Gasteiger partial charge is 0.478 e. The van der Waals surface area contributed by atoms with Gasteiger partial charge in [-0.3, -0.25) is 4.79 Å². The predicted octanol–water partition coefficient (Wildman–Crippen LogP) is 2.00. The van der Waals surface area contributed by atoms with E-state index in [1.165, 1.54) is 30.3 Å². The molecule has 1 amide bonds. The topological polar surface area (TPSA) is 116 Å². The van der Waals surface area contributed by atoms with Gasteiger partial charge in [0.1, 0.15) is 11.6 Å². The Morgan fingerprint density at radius 1 is 1.14 bits per heavy atom. The van der Waals surface area contributed by atoms with Crippen molar-refractivity contribution < 1.29 is 23.8 Å². The van der Waals surface area contributed by atoms with Gasteiger partial charge in [-0.2, -0.15) is 0 Å². The van der Waals surface area contributed by atoms with Crippen LogP contribution in [0.3, 0.4) is 0 Å². The van der Waals surface area contributed by atoms with Crippen molar-refractivity contribution in [2.45, 2.75) is 0 Å². The van der Waals surface area contributed by atoms with E-state index in [1.807, 2.05) is 0 Å². The summed E-state index contributed by atoms with van der Waals surface area (Å²) < 4.78 is 18.9. The molecule has 0 spiro atoms. The van der Waals surface area contributed by atoms with Crippen molar-refractivity contribution in [3.05, 3.63) is 53.3 Å². The lowest BCUT2D eigenvalue weighted by Gasteiger charge is -2.10. The second-order valence-corrected chi connectivity index (χ2v) is 4.17. The molecule has 6 nitrogen and oxygen atoms in total. The quantitative estimate of drug-likeness (QED) is 0.745. The van der Waals surface area contributed by atoms with Gasteiger partial charge in [0, 0.05) is 6.07 Å². The van der Waals surface area contributed by atoms with Gasteiger partial charge in [0.05, 0.1) is 16.8 Å². The Hall–Kier alpha value is -3.09. The van der Waals surface area contributed by atoms with Crippen molar-refractivity contribution >= 4 is 17.6 Å². The molecule has 0 fully saturated rings. The molecule has 0 unspecified atom stereocenters. The first kappa shape index (κ1) is 14.3. The minimum atomic E-state index is -1.14. The number of rotatable bonds is 4. The average molecular weight is 290 g/mol. The van der Waals surface area contributed by atoms with Crippen LogP contribution in [0, 0.1) is 5.82 Å². The minimum Gasteiger partial charge on any atom is -0.478 e. The minimum absolute atomic E-state index is 0.0200. The van der Waals surface area contributed by atoms with Crippen molar-refractivity contribution in [2.75, 3.05) is 5.73 Å². The third kappa shape index (κ3) is 3.08. The second kappa shape index (κ2) is 5.49. The summed E-state index contributed by atoms with van der Waals surface area (Å²) in [5.74, 6) is -2.75. The van der Waals surface area contributed by atoms with E-state index >= 15 is 0 Å². The molecule has 108 valence electrons. The predicted molar refractivity (Wildman–Crippen MR) is 72.8 cm³/mol. The second-order valence-electron chi connectivity index (χ2n) is 4.17. The van der Waals surface area contributed by atoms with E-state index in [0.717, 1.165) is 6.07 Å². The number of amides is 1. The van der Waals surface area contributed by atoms with Crippen molar-refractivity contribution in [3.8, 4) is 11.5 Å². The molecule has 5 N–H and O–H groups in total. The van der Waals surface area contributed by atoms with Gasteiger partial charge < -0.3 is 21.3 Å². The molecule has 0 atom stereocenters. The molecule has 0 aliphatic carbocycles. The Bertz CT molecular complexity index is 731. The van der Waals surface area contributed by atoms with E-state index < -0.39 is 17.7 Å². The first-order chi connectivity index (χ1) is 9.88. The lowest BCUT2D eigenvalue weighted by atomic mass is 10.2. The van der Waals surface area contributed by atoms with Crippen LogP contribution in [0.4, 0.5) is 10.1 Å². The Morgan fingerprint density at radius 3 is 2.43 bits per heavy atom. The fourth-order valence-corrected chi connectivity index (χ4v) is 1.64. The number of ether oxygens (including phenoxy) is 1. The van der Waals surface area contributed by atoms with Gasteiger partial charge in [0.2, 0.25) is 0 Å². The number of carbonyl (C=O) groups is 2. The Balaban J connectivity index is 2.34. The smallest absolute Gasteiger partial charge is 0.335 e. The number of nitrogen functional groups attached to an aromatic ring is 1. The number of hydrogen-bond acceptors (Lipinski definition) is 4. The van der Waals surface area contributed by atoms with E-state index in [-0.39, 0.29) is 28.3 Å². The van der Waals surface area contributed by atoms with Gasteiger partial charge in [-0.25, -0.2) is 9.18 Å². The Labute approximate surface area is 118 Å². The van der Waals surface area contributed by atoms with Gasteiger partial charge in [0.25, 0.3) is 5.91 Å². The molecule has 0 aliphatic heterocycles. The van der Waals surface area contributed by atoms with Gasteiger partial charge in [0.15, 0.2) is 5.75 Å².